The summed E-state index contributed by atoms with van der Waals surface area (Å²) in [6.07, 6.45) is -4.25. The van der Waals surface area contributed by atoms with Gasteiger partial charge in [-0.05, 0) is 37.1 Å². The molecule has 1 aliphatic rings. The molecule has 1 aromatic rings. The van der Waals surface area contributed by atoms with Crippen LogP contribution in [0.3, 0.4) is 0 Å². The molecule has 0 spiro atoms. The van der Waals surface area contributed by atoms with Gasteiger partial charge >= 0.3 is 6.18 Å². The Kier molecular flexibility index (Phi) is 4.84. The first kappa shape index (κ1) is 17.2. The first-order valence-electron chi connectivity index (χ1n) is 6.96. The summed E-state index contributed by atoms with van der Waals surface area (Å²) in [5, 5.41) is 0. The lowest BCUT2D eigenvalue weighted by Gasteiger charge is -2.34. The van der Waals surface area contributed by atoms with E-state index in [1.165, 1.54) is 9.21 Å². The number of aryl methyl sites for hydroxylation is 2. The van der Waals surface area contributed by atoms with Crippen LogP contribution in [0.4, 0.5) is 13.2 Å². The summed E-state index contributed by atoms with van der Waals surface area (Å²) in [5.74, 6) is 0. The predicted molar refractivity (Wildman–Crippen MR) is 77.2 cm³/mol. The van der Waals surface area contributed by atoms with Gasteiger partial charge in [0.2, 0.25) is 10.0 Å². The third-order valence-corrected chi connectivity index (χ3v) is 5.74. The summed E-state index contributed by atoms with van der Waals surface area (Å²) in [7, 11) is -3.64. The molecule has 0 aliphatic carbocycles. The van der Waals surface area contributed by atoms with Gasteiger partial charge < -0.3 is 0 Å². The molecule has 0 saturated carbocycles. The van der Waals surface area contributed by atoms with Gasteiger partial charge in [-0.2, -0.15) is 17.5 Å². The van der Waals surface area contributed by atoms with Gasteiger partial charge in [0.05, 0.1) is 11.4 Å². The smallest absolute Gasteiger partial charge is 0.292 e. The highest BCUT2D eigenvalue weighted by atomic mass is 32.2. The fourth-order valence-corrected chi connectivity index (χ4v) is 3.91. The van der Waals surface area contributed by atoms with Crippen molar-refractivity contribution < 1.29 is 21.6 Å². The summed E-state index contributed by atoms with van der Waals surface area (Å²) in [6, 6.07) is 4.88. The van der Waals surface area contributed by atoms with Crippen molar-refractivity contribution in [3.05, 3.63) is 29.3 Å². The standard InChI is InChI=1S/C14H19F3N2O2S/c1-11-3-4-13(9-12(11)2)22(20,21)19-7-5-18(6-8-19)10-14(15,16)17/h3-4,9H,5-8,10H2,1-2H3. The van der Waals surface area contributed by atoms with Gasteiger partial charge in [-0.1, -0.05) is 6.07 Å². The largest absolute Gasteiger partial charge is 0.401 e. The van der Waals surface area contributed by atoms with Crippen LogP contribution in [0.25, 0.3) is 0 Å². The first-order valence-corrected chi connectivity index (χ1v) is 8.40. The molecule has 0 aromatic heterocycles. The van der Waals surface area contributed by atoms with E-state index < -0.39 is 22.7 Å². The Balaban J connectivity index is 2.08. The van der Waals surface area contributed by atoms with Crippen molar-refractivity contribution in [1.82, 2.24) is 9.21 Å². The quantitative estimate of drug-likeness (QED) is 0.849. The maximum Gasteiger partial charge on any atom is 0.401 e. The third-order valence-electron chi connectivity index (χ3n) is 3.85. The Morgan fingerprint density at radius 2 is 1.64 bits per heavy atom. The average Bonchev–Trinajstić information content (AvgIpc) is 2.40. The SMILES string of the molecule is Cc1ccc(S(=O)(=O)N2CCN(CC(F)(F)F)CC2)cc1C. The highest BCUT2D eigenvalue weighted by Crippen LogP contribution is 2.22. The Hall–Kier alpha value is -1.12. The topological polar surface area (TPSA) is 40.6 Å². The molecule has 1 fully saturated rings. The zero-order valence-corrected chi connectivity index (χ0v) is 13.3. The van der Waals surface area contributed by atoms with E-state index in [1.807, 2.05) is 13.8 Å². The van der Waals surface area contributed by atoms with Crippen LogP contribution in [0.2, 0.25) is 0 Å². The molecule has 8 heteroatoms. The van der Waals surface area contributed by atoms with Gasteiger partial charge in [-0.15, -0.1) is 0 Å². The van der Waals surface area contributed by atoms with Crippen LogP contribution >= 0.6 is 0 Å². The lowest BCUT2D eigenvalue weighted by atomic mass is 10.1. The van der Waals surface area contributed by atoms with Crippen molar-refractivity contribution in [3.63, 3.8) is 0 Å². The maximum absolute atomic E-state index is 12.5. The molecule has 0 radical (unpaired) electrons. The molecule has 4 nitrogen and oxygen atoms in total. The van der Waals surface area contributed by atoms with Crippen LogP contribution in [0, 0.1) is 13.8 Å². The first-order chi connectivity index (χ1) is 10.1. The number of rotatable bonds is 3. The minimum absolute atomic E-state index is 0.0747. The minimum atomic E-state index is -4.25. The molecule has 2 rings (SSSR count). The van der Waals surface area contributed by atoms with Gasteiger partial charge in [-0.3, -0.25) is 4.90 Å². The van der Waals surface area contributed by atoms with E-state index in [1.54, 1.807) is 18.2 Å². The molecule has 0 N–H and O–H groups in total. The lowest BCUT2D eigenvalue weighted by molar-refractivity contribution is -0.148. The molecule has 0 amide bonds. The third kappa shape index (κ3) is 3.99. The number of halogens is 3. The van der Waals surface area contributed by atoms with E-state index in [2.05, 4.69) is 0 Å². The second kappa shape index (κ2) is 6.17. The molecule has 1 saturated heterocycles. The Bertz CT molecular complexity index is 636. The van der Waals surface area contributed by atoms with Crippen molar-refractivity contribution >= 4 is 10.0 Å². The maximum atomic E-state index is 12.5. The van der Waals surface area contributed by atoms with E-state index in [0.717, 1.165) is 11.1 Å². The van der Waals surface area contributed by atoms with Crippen molar-refractivity contribution in [3.8, 4) is 0 Å². The van der Waals surface area contributed by atoms with Gasteiger partial charge in [-0.25, -0.2) is 8.42 Å². The van der Waals surface area contributed by atoms with Gasteiger partial charge in [0.25, 0.3) is 0 Å². The van der Waals surface area contributed by atoms with E-state index in [9.17, 15) is 21.6 Å². The van der Waals surface area contributed by atoms with Gasteiger partial charge in [0.15, 0.2) is 0 Å². The summed E-state index contributed by atoms with van der Waals surface area (Å²) < 4.78 is 63.3. The molecule has 22 heavy (non-hydrogen) atoms. The molecule has 1 aromatic carbocycles. The second-order valence-corrected chi connectivity index (χ2v) is 7.48. The van der Waals surface area contributed by atoms with Gasteiger partial charge in [0.1, 0.15) is 0 Å². The highest BCUT2D eigenvalue weighted by Gasteiger charge is 2.34. The van der Waals surface area contributed by atoms with Crippen LogP contribution in [0.1, 0.15) is 11.1 Å². The Morgan fingerprint density at radius 3 is 2.14 bits per heavy atom. The highest BCUT2D eigenvalue weighted by molar-refractivity contribution is 7.89. The van der Waals surface area contributed by atoms with E-state index in [4.69, 9.17) is 0 Å². The number of piperazine rings is 1. The number of benzene rings is 1. The summed E-state index contributed by atoms with van der Waals surface area (Å²) in [4.78, 5) is 1.42. The fourth-order valence-electron chi connectivity index (χ4n) is 2.40. The van der Waals surface area contributed by atoms with Crippen molar-refractivity contribution in [1.29, 1.82) is 0 Å². The summed E-state index contributed by atoms with van der Waals surface area (Å²) >= 11 is 0. The zero-order chi connectivity index (χ0) is 16.5. The molecular formula is C14H19F3N2O2S. The van der Waals surface area contributed by atoms with Crippen molar-refractivity contribution in [2.24, 2.45) is 0 Å². The van der Waals surface area contributed by atoms with E-state index >= 15 is 0 Å². The predicted octanol–water partition coefficient (Wildman–Crippen LogP) is 2.17. The monoisotopic (exact) mass is 336 g/mol. The summed E-state index contributed by atoms with van der Waals surface area (Å²) in [6.45, 7) is 3.05. The Morgan fingerprint density at radius 1 is 1.05 bits per heavy atom. The van der Waals surface area contributed by atoms with Crippen LogP contribution in [0.15, 0.2) is 23.1 Å². The number of alkyl halides is 3. The zero-order valence-electron chi connectivity index (χ0n) is 12.5. The van der Waals surface area contributed by atoms with Crippen molar-refractivity contribution in [2.75, 3.05) is 32.7 Å². The van der Waals surface area contributed by atoms with Gasteiger partial charge in [0, 0.05) is 26.2 Å². The fraction of sp³-hybridized carbons (Fsp3) is 0.571. The number of hydrogen-bond donors (Lipinski definition) is 0. The molecule has 0 unspecified atom stereocenters. The lowest BCUT2D eigenvalue weighted by Crippen LogP contribution is -2.50. The van der Waals surface area contributed by atoms with Crippen LogP contribution < -0.4 is 0 Å². The number of nitrogens with zero attached hydrogens (tertiary/aromatic N) is 2. The van der Waals surface area contributed by atoms with Crippen LogP contribution in [-0.4, -0.2) is 56.5 Å². The molecule has 0 bridgehead atoms. The second-order valence-electron chi connectivity index (χ2n) is 5.54. The molecule has 0 atom stereocenters. The van der Waals surface area contributed by atoms with E-state index in [0.29, 0.717) is 0 Å². The van der Waals surface area contributed by atoms with E-state index in [-0.39, 0.29) is 31.1 Å². The minimum Gasteiger partial charge on any atom is -0.292 e. The molecule has 1 aliphatic heterocycles. The average molecular weight is 336 g/mol. The molecular weight excluding hydrogens is 317 g/mol. The van der Waals surface area contributed by atoms with Crippen LogP contribution in [-0.2, 0) is 10.0 Å². The number of hydrogen-bond acceptors (Lipinski definition) is 3. The van der Waals surface area contributed by atoms with Crippen LogP contribution in [0.5, 0.6) is 0 Å². The number of sulfonamides is 1. The Labute approximate surface area is 128 Å². The summed E-state index contributed by atoms with van der Waals surface area (Å²) in [5.41, 5.74) is 1.87. The molecule has 1 heterocycles. The molecule has 124 valence electrons. The normalized spacial score (nSPS) is 18.6. The van der Waals surface area contributed by atoms with Crippen molar-refractivity contribution in [2.45, 2.75) is 24.9 Å².